The van der Waals surface area contributed by atoms with E-state index < -0.39 is 16.8 Å². The van der Waals surface area contributed by atoms with Gasteiger partial charge in [-0.05, 0) is 68.9 Å². The van der Waals surface area contributed by atoms with Crippen molar-refractivity contribution in [3.8, 4) is 0 Å². The maximum absolute atomic E-state index is 12.7. The second-order valence-electron chi connectivity index (χ2n) is 6.76. The van der Waals surface area contributed by atoms with Crippen molar-refractivity contribution in [3.05, 3.63) is 81.2 Å². The number of nitro benzene ring substituents is 1. The molecule has 0 radical (unpaired) electrons. The number of esters is 1. The molecule has 164 valence electrons. The number of carbonyl (C=O) groups excluding carboxylic acids is 2. The van der Waals surface area contributed by atoms with Gasteiger partial charge in [-0.25, -0.2) is 14.8 Å². The van der Waals surface area contributed by atoms with Crippen LogP contribution < -0.4 is 5.32 Å². The molecule has 0 aliphatic rings. The summed E-state index contributed by atoms with van der Waals surface area (Å²) in [5.41, 5.74) is 1.78. The topological polar surface area (TPSA) is 124 Å². The molecule has 0 saturated carbocycles. The maximum atomic E-state index is 12.7. The lowest BCUT2D eigenvalue weighted by Crippen LogP contribution is -2.14. The second-order valence-corrected chi connectivity index (χ2v) is 7.80. The van der Waals surface area contributed by atoms with Gasteiger partial charge in [-0.2, -0.15) is 0 Å². The Hall–Kier alpha value is -3.79. The van der Waals surface area contributed by atoms with Crippen LogP contribution in [0.5, 0.6) is 0 Å². The largest absolute Gasteiger partial charge is 0.462 e. The maximum Gasteiger partial charge on any atom is 0.338 e. The minimum Gasteiger partial charge on any atom is -0.462 e. The highest BCUT2D eigenvalue weighted by molar-refractivity contribution is 7.99. The summed E-state index contributed by atoms with van der Waals surface area (Å²) in [5.74, 6) is -1.32. The van der Waals surface area contributed by atoms with Gasteiger partial charge in [-0.1, -0.05) is 0 Å². The smallest absolute Gasteiger partial charge is 0.338 e. The summed E-state index contributed by atoms with van der Waals surface area (Å²) in [6.45, 7) is 5.54. The van der Waals surface area contributed by atoms with Gasteiger partial charge in [0.2, 0.25) is 0 Å². The number of hydrogen-bond acceptors (Lipinski definition) is 8. The number of nitro groups is 1. The van der Waals surface area contributed by atoms with Gasteiger partial charge in [0, 0.05) is 39.7 Å². The second kappa shape index (κ2) is 10.0. The van der Waals surface area contributed by atoms with Crippen LogP contribution in [-0.4, -0.2) is 33.4 Å². The molecule has 0 saturated heterocycles. The number of aryl methyl sites for hydroxylation is 2. The molecule has 0 unspecified atom stereocenters. The third-order valence-corrected chi connectivity index (χ3v) is 5.06. The van der Waals surface area contributed by atoms with Crippen molar-refractivity contribution < 1.29 is 19.2 Å². The normalized spacial score (nSPS) is 10.5. The number of aromatic nitrogens is 2. The number of nitrogens with one attached hydrogen (secondary N) is 1. The molecule has 0 atom stereocenters. The highest BCUT2D eigenvalue weighted by Gasteiger charge is 2.19. The van der Waals surface area contributed by atoms with Crippen LogP contribution in [0.2, 0.25) is 0 Å². The van der Waals surface area contributed by atoms with Crippen molar-refractivity contribution in [2.45, 2.75) is 30.8 Å². The van der Waals surface area contributed by atoms with Crippen LogP contribution >= 0.6 is 11.8 Å². The van der Waals surface area contributed by atoms with E-state index in [4.69, 9.17) is 4.74 Å². The van der Waals surface area contributed by atoms with Crippen LogP contribution in [0.1, 0.15) is 39.0 Å². The minimum absolute atomic E-state index is 0.0238. The number of non-ortho nitro benzene ring substituents is 1. The van der Waals surface area contributed by atoms with Crippen LogP contribution in [-0.2, 0) is 4.74 Å². The van der Waals surface area contributed by atoms with Gasteiger partial charge in [0.15, 0.2) is 5.16 Å². The monoisotopic (exact) mass is 452 g/mol. The molecule has 9 nitrogen and oxygen atoms in total. The van der Waals surface area contributed by atoms with Crippen LogP contribution in [0.25, 0.3) is 0 Å². The lowest BCUT2D eigenvalue weighted by atomic mass is 10.1. The van der Waals surface area contributed by atoms with Gasteiger partial charge in [0.25, 0.3) is 11.6 Å². The molecule has 1 aromatic heterocycles. The number of amides is 1. The van der Waals surface area contributed by atoms with Crippen molar-refractivity contribution in [1.82, 2.24) is 9.97 Å². The first kappa shape index (κ1) is 22.9. The summed E-state index contributed by atoms with van der Waals surface area (Å²) >= 11 is 1.39. The van der Waals surface area contributed by atoms with Crippen molar-refractivity contribution >= 4 is 35.0 Å². The first-order valence-corrected chi connectivity index (χ1v) is 10.4. The van der Waals surface area contributed by atoms with Crippen molar-refractivity contribution in [3.63, 3.8) is 0 Å². The van der Waals surface area contributed by atoms with Gasteiger partial charge in [0.05, 0.1) is 17.1 Å². The molecule has 10 heteroatoms. The molecule has 0 aliphatic heterocycles. The summed E-state index contributed by atoms with van der Waals surface area (Å²) in [4.78, 5) is 44.9. The summed E-state index contributed by atoms with van der Waals surface area (Å²) < 4.78 is 4.89. The molecule has 2 aromatic carbocycles. The average Bonchev–Trinajstić information content (AvgIpc) is 2.74. The highest BCUT2D eigenvalue weighted by Crippen LogP contribution is 2.27. The molecule has 3 rings (SSSR count). The van der Waals surface area contributed by atoms with Crippen molar-refractivity contribution in [2.24, 2.45) is 0 Å². The predicted octanol–water partition coefficient (Wildman–Crippen LogP) is 4.58. The molecular weight excluding hydrogens is 432 g/mol. The zero-order chi connectivity index (χ0) is 23.3. The molecule has 1 amide bonds. The minimum atomic E-state index is -0.736. The van der Waals surface area contributed by atoms with Crippen molar-refractivity contribution in [1.29, 1.82) is 0 Å². The fourth-order valence-electron chi connectivity index (χ4n) is 2.83. The van der Waals surface area contributed by atoms with Gasteiger partial charge in [-0.15, -0.1) is 0 Å². The number of nitrogens with zero attached hydrogens (tertiary/aromatic N) is 3. The summed E-state index contributed by atoms with van der Waals surface area (Å²) in [7, 11) is 0. The van der Waals surface area contributed by atoms with E-state index in [0.29, 0.717) is 10.8 Å². The Labute approximate surface area is 188 Å². The fourth-order valence-corrected chi connectivity index (χ4v) is 3.70. The number of carbonyl (C=O) groups is 2. The SMILES string of the molecule is CCOC(=O)c1cc(C(=O)Nc2ccc(Sc3nc(C)cc(C)n3)cc2)cc([N+](=O)[O-])c1. The predicted molar refractivity (Wildman–Crippen MR) is 119 cm³/mol. The van der Waals surface area contributed by atoms with E-state index in [2.05, 4.69) is 15.3 Å². The zero-order valence-corrected chi connectivity index (χ0v) is 18.4. The first-order valence-electron chi connectivity index (χ1n) is 9.63. The zero-order valence-electron chi connectivity index (χ0n) is 17.6. The molecule has 32 heavy (non-hydrogen) atoms. The van der Waals surface area contributed by atoms with E-state index in [1.807, 2.05) is 19.9 Å². The van der Waals surface area contributed by atoms with Crippen LogP contribution in [0.3, 0.4) is 0 Å². The van der Waals surface area contributed by atoms with Crippen molar-refractivity contribution in [2.75, 3.05) is 11.9 Å². The quantitative estimate of drug-likeness (QED) is 0.239. The number of ether oxygens (including phenoxy) is 1. The van der Waals surface area contributed by atoms with Crippen LogP contribution in [0.15, 0.2) is 58.6 Å². The van der Waals surface area contributed by atoms with Gasteiger partial charge < -0.3 is 10.1 Å². The standard InChI is InChI=1S/C22H20N4O5S/c1-4-31-21(28)16-10-15(11-18(12-16)26(29)30)20(27)25-17-5-7-19(8-6-17)32-22-23-13(2)9-14(3)24-22/h5-12H,4H2,1-3H3,(H,25,27). The van der Waals surface area contributed by atoms with E-state index in [0.717, 1.165) is 28.4 Å². The summed E-state index contributed by atoms with van der Waals surface area (Å²) in [6.07, 6.45) is 0. The Balaban J connectivity index is 1.76. The number of rotatable bonds is 7. The Bertz CT molecular complexity index is 1160. The lowest BCUT2D eigenvalue weighted by Gasteiger charge is -2.08. The Morgan fingerprint density at radius 1 is 1.03 bits per heavy atom. The molecule has 0 spiro atoms. The van der Waals surface area contributed by atoms with Gasteiger partial charge in [-0.3, -0.25) is 14.9 Å². The van der Waals surface area contributed by atoms with Crippen LogP contribution in [0, 0.1) is 24.0 Å². The van der Waals surface area contributed by atoms with E-state index in [9.17, 15) is 19.7 Å². The molecule has 0 fully saturated rings. The van der Waals surface area contributed by atoms with E-state index in [1.165, 1.54) is 17.8 Å². The number of anilines is 1. The lowest BCUT2D eigenvalue weighted by molar-refractivity contribution is -0.384. The Morgan fingerprint density at radius 2 is 1.66 bits per heavy atom. The number of hydrogen-bond donors (Lipinski definition) is 1. The molecule has 1 heterocycles. The van der Waals surface area contributed by atoms with Gasteiger partial charge >= 0.3 is 5.97 Å². The Morgan fingerprint density at radius 3 is 2.25 bits per heavy atom. The molecule has 3 aromatic rings. The van der Waals surface area contributed by atoms with Gasteiger partial charge in [0.1, 0.15) is 0 Å². The molecular formula is C22H20N4O5S. The third kappa shape index (κ3) is 5.88. The molecule has 0 aliphatic carbocycles. The fraction of sp³-hybridized carbons (Fsp3) is 0.182. The summed E-state index contributed by atoms with van der Waals surface area (Å²) in [6, 6.07) is 12.4. The molecule has 0 bridgehead atoms. The molecule has 1 N–H and O–H groups in total. The first-order chi connectivity index (χ1) is 15.2. The van der Waals surface area contributed by atoms with E-state index in [-0.39, 0.29) is 23.4 Å². The van der Waals surface area contributed by atoms with Crippen LogP contribution in [0.4, 0.5) is 11.4 Å². The third-order valence-electron chi connectivity index (χ3n) is 4.19. The van der Waals surface area contributed by atoms with E-state index >= 15 is 0 Å². The average molecular weight is 452 g/mol. The highest BCUT2D eigenvalue weighted by atomic mass is 32.2. The van der Waals surface area contributed by atoms with E-state index in [1.54, 1.807) is 31.2 Å². The number of benzene rings is 2. The Kier molecular flexibility index (Phi) is 7.16. The summed E-state index contributed by atoms with van der Waals surface area (Å²) in [5, 5.41) is 14.5.